The van der Waals surface area contributed by atoms with E-state index < -0.39 is 10.0 Å². The molecule has 0 aliphatic heterocycles. The Balaban J connectivity index is 1.66. The number of sulfonamides is 1. The predicted molar refractivity (Wildman–Crippen MR) is 127 cm³/mol. The largest absolute Gasteiger partial charge is 0.495 e. The van der Waals surface area contributed by atoms with Crippen molar-refractivity contribution in [2.24, 2.45) is 0 Å². The van der Waals surface area contributed by atoms with Crippen molar-refractivity contribution < 1.29 is 17.9 Å². The van der Waals surface area contributed by atoms with Crippen molar-refractivity contribution in [2.75, 3.05) is 37.8 Å². The van der Waals surface area contributed by atoms with Crippen LogP contribution in [0.5, 0.6) is 5.75 Å². The van der Waals surface area contributed by atoms with Gasteiger partial charge in [-0.25, -0.2) is 8.42 Å². The van der Waals surface area contributed by atoms with Gasteiger partial charge in [0.2, 0.25) is 0 Å². The van der Waals surface area contributed by atoms with Gasteiger partial charge in [-0.15, -0.1) is 0 Å². The van der Waals surface area contributed by atoms with Crippen LogP contribution in [0.4, 0.5) is 11.4 Å². The summed E-state index contributed by atoms with van der Waals surface area (Å²) in [5.41, 5.74) is 2.57. The number of nitrogens with zero attached hydrogens (tertiary/aromatic N) is 1. The number of para-hydroxylation sites is 2. The summed E-state index contributed by atoms with van der Waals surface area (Å²) >= 11 is 0. The molecule has 2 N–H and O–H groups in total. The Morgan fingerprint density at radius 1 is 0.938 bits per heavy atom. The van der Waals surface area contributed by atoms with Gasteiger partial charge in [0.15, 0.2) is 0 Å². The second-order valence-corrected chi connectivity index (χ2v) is 9.22. The van der Waals surface area contributed by atoms with Gasteiger partial charge in [0.1, 0.15) is 5.75 Å². The summed E-state index contributed by atoms with van der Waals surface area (Å²) in [5.74, 6) is 0.104. The number of ether oxygens (including phenoxy) is 1. The van der Waals surface area contributed by atoms with Gasteiger partial charge >= 0.3 is 0 Å². The fraction of sp³-hybridized carbons (Fsp3) is 0.208. The third kappa shape index (κ3) is 6.09. The zero-order valence-electron chi connectivity index (χ0n) is 18.3. The number of methoxy groups -OCH3 is 1. The number of hydrogen-bond acceptors (Lipinski definition) is 5. The molecule has 0 radical (unpaired) electrons. The molecule has 3 rings (SSSR count). The van der Waals surface area contributed by atoms with Crippen molar-refractivity contribution in [1.82, 2.24) is 4.90 Å². The van der Waals surface area contributed by atoms with Crippen LogP contribution in [0.15, 0.2) is 77.7 Å². The molecule has 0 fully saturated rings. The minimum Gasteiger partial charge on any atom is -0.495 e. The molecule has 168 valence electrons. The van der Waals surface area contributed by atoms with Crippen molar-refractivity contribution >= 4 is 27.3 Å². The first kappa shape index (κ1) is 23.3. The van der Waals surface area contributed by atoms with Crippen molar-refractivity contribution in [1.29, 1.82) is 0 Å². The molecule has 0 bridgehead atoms. The van der Waals surface area contributed by atoms with E-state index >= 15 is 0 Å². The fourth-order valence-corrected chi connectivity index (χ4v) is 4.10. The van der Waals surface area contributed by atoms with Crippen LogP contribution >= 0.6 is 0 Å². The first-order chi connectivity index (χ1) is 15.3. The molecule has 0 aliphatic carbocycles. The highest BCUT2D eigenvalue weighted by Crippen LogP contribution is 2.26. The Kier molecular flexibility index (Phi) is 7.50. The van der Waals surface area contributed by atoms with Gasteiger partial charge in [0.05, 0.1) is 17.7 Å². The van der Waals surface area contributed by atoms with Gasteiger partial charge < -0.3 is 15.0 Å². The van der Waals surface area contributed by atoms with Crippen LogP contribution in [0.1, 0.15) is 15.9 Å². The third-order valence-corrected chi connectivity index (χ3v) is 6.22. The standard InChI is InChI=1S/C24H27N3O4S/c1-27(2)17-16-18-8-12-20(13-9-18)25-24(28)19-10-14-21(15-11-19)32(29,30)26-22-6-4-5-7-23(22)31-3/h4-15,26H,16-17H2,1-3H3,(H,25,28). The molecule has 0 saturated carbocycles. The average molecular weight is 454 g/mol. The summed E-state index contributed by atoms with van der Waals surface area (Å²) in [6, 6.07) is 20.2. The Morgan fingerprint density at radius 3 is 2.22 bits per heavy atom. The van der Waals surface area contributed by atoms with Gasteiger partial charge in [0, 0.05) is 17.8 Å². The highest BCUT2D eigenvalue weighted by Gasteiger charge is 2.17. The number of carbonyl (C=O) groups is 1. The van der Waals surface area contributed by atoms with Crippen LogP contribution in [0.2, 0.25) is 0 Å². The molecule has 32 heavy (non-hydrogen) atoms. The summed E-state index contributed by atoms with van der Waals surface area (Å²) < 4.78 is 33.1. The molecule has 3 aromatic rings. The zero-order chi connectivity index (χ0) is 23.1. The molecule has 0 atom stereocenters. The molecule has 0 aromatic heterocycles. The van der Waals surface area contributed by atoms with Crippen molar-refractivity contribution in [2.45, 2.75) is 11.3 Å². The van der Waals surface area contributed by atoms with Gasteiger partial charge in [-0.1, -0.05) is 24.3 Å². The Labute approximate surface area is 189 Å². The number of likely N-dealkylation sites (N-methyl/N-ethyl adjacent to an activating group) is 1. The first-order valence-corrected chi connectivity index (χ1v) is 11.6. The lowest BCUT2D eigenvalue weighted by atomic mass is 10.1. The molecular formula is C24H27N3O4S. The topological polar surface area (TPSA) is 87.7 Å². The monoisotopic (exact) mass is 453 g/mol. The number of nitrogens with one attached hydrogen (secondary N) is 2. The smallest absolute Gasteiger partial charge is 0.262 e. The molecule has 0 unspecified atom stereocenters. The average Bonchev–Trinajstić information content (AvgIpc) is 2.78. The van der Waals surface area contributed by atoms with Gasteiger partial charge in [-0.3, -0.25) is 9.52 Å². The van der Waals surface area contributed by atoms with Crippen LogP contribution in [-0.4, -0.2) is 47.0 Å². The summed E-state index contributed by atoms with van der Waals surface area (Å²) in [6.45, 7) is 0.951. The molecule has 3 aromatic carbocycles. The quantitative estimate of drug-likeness (QED) is 0.514. The van der Waals surface area contributed by atoms with E-state index in [1.54, 1.807) is 24.3 Å². The minimum absolute atomic E-state index is 0.0465. The normalized spacial score (nSPS) is 11.2. The Bertz CT molecular complexity index is 1160. The maximum Gasteiger partial charge on any atom is 0.262 e. The lowest BCUT2D eigenvalue weighted by Crippen LogP contribution is -2.15. The molecule has 1 amide bonds. The Hall–Kier alpha value is -3.36. The summed E-state index contributed by atoms with van der Waals surface area (Å²) in [6.07, 6.45) is 0.931. The molecule has 0 heterocycles. The van der Waals surface area contributed by atoms with Crippen molar-refractivity contribution in [3.8, 4) is 5.75 Å². The van der Waals surface area contributed by atoms with E-state index in [-0.39, 0.29) is 10.8 Å². The van der Waals surface area contributed by atoms with Crippen LogP contribution in [0, 0.1) is 0 Å². The molecule has 8 heteroatoms. The van der Waals surface area contributed by atoms with E-state index in [1.807, 2.05) is 38.4 Å². The lowest BCUT2D eigenvalue weighted by molar-refractivity contribution is 0.102. The van der Waals surface area contributed by atoms with Crippen LogP contribution in [-0.2, 0) is 16.4 Å². The van der Waals surface area contributed by atoms with Gasteiger partial charge in [-0.2, -0.15) is 0 Å². The zero-order valence-corrected chi connectivity index (χ0v) is 19.1. The maximum absolute atomic E-state index is 12.7. The van der Waals surface area contributed by atoms with Crippen molar-refractivity contribution in [3.05, 3.63) is 83.9 Å². The number of amides is 1. The van der Waals surface area contributed by atoms with E-state index in [9.17, 15) is 13.2 Å². The number of benzene rings is 3. The number of rotatable bonds is 9. The number of anilines is 2. The summed E-state index contributed by atoms with van der Waals surface area (Å²) in [4.78, 5) is 14.7. The SMILES string of the molecule is COc1ccccc1NS(=O)(=O)c1ccc(C(=O)Nc2ccc(CCN(C)C)cc2)cc1. The van der Waals surface area contributed by atoms with Crippen molar-refractivity contribution in [3.63, 3.8) is 0 Å². The second kappa shape index (κ2) is 10.3. The molecule has 0 aliphatic rings. The van der Waals surface area contributed by atoms with Gasteiger partial charge in [0.25, 0.3) is 15.9 Å². The van der Waals surface area contributed by atoms with Crippen LogP contribution < -0.4 is 14.8 Å². The molecule has 7 nitrogen and oxygen atoms in total. The highest BCUT2D eigenvalue weighted by atomic mass is 32.2. The van der Waals surface area contributed by atoms with E-state index in [0.717, 1.165) is 13.0 Å². The second-order valence-electron chi connectivity index (χ2n) is 7.53. The van der Waals surface area contributed by atoms with E-state index in [1.165, 1.54) is 36.9 Å². The van der Waals surface area contributed by atoms with Crippen LogP contribution in [0.3, 0.4) is 0 Å². The third-order valence-electron chi connectivity index (χ3n) is 4.84. The van der Waals surface area contributed by atoms with Gasteiger partial charge in [-0.05, 0) is 74.6 Å². The summed E-state index contributed by atoms with van der Waals surface area (Å²) in [5, 5.41) is 2.83. The highest BCUT2D eigenvalue weighted by molar-refractivity contribution is 7.92. The maximum atomic E-state index is 12.7. The Morgan fingerprint density at radius 2 is 1.59 bits per heavy atom. The first-order valence-electron chi connectivity index (χ1n) is 10.1. The fourth-order valence-electron chi connectivity index (χ4n) is 3.03. The molecule has 0 saturated heterocycles. The van der Waals surface area contributed by atoms with E-state index in [4.69, 9.17) is 4.74 Å². The number of carbonyl (C=O) groups excluding carboxylic acids is 1. The molecular weight excluding hydrogens is 426 g/mol. The lowest BCUT2D eigenvalue weighted by Gasteiger charge is -2.12. The minimum atomic E-state index is -3.83. The van der Waals surface area contributed by atoms with Crippen LogP contribution in [0.25, 0.3) is 0 Å². The van der Waals surface area contributed by atoms with E-state index in [2.05, 4.69) is 14.9 Å². The van der Waals surface area contributed by atoms with E-state index in [0.29, 0.717) is 22.7 Å². The predicted octanol–water partition coefficient (Wildman–Crippen LogP) is 3.85. The number of hydrogen-bond donors (Lipinski definition) is 2. The molecule has 0 spiro atoms. The summed E-state index contributed by atoms with van der Waals surface area (Å²) in [7, 11) is 1.70.